The van der Waals surface area contributed by atoms with Crippen LogP contribution in [-0.2, 0) is 24.7 Å². The highest BCUT2D eigenvalue weighted by atomic mass is 28.4. The van der Waals surface area contributed by atoms with E-state index in [0.29, 0.717) is 54.0 Å². The largest absolute Gasteiger partial charge is 0.469 e. The maximum atomic E-state index is 14.3. The molecular formula is C29H39N3O7Si. The number of ether oxygens (including phenoxy) is 2. The van der Waals surface area contributed by atoms with Crippen LogP contribution >= 0.6 is 0 Å². The molecule has 2 aromatic rings. The number of benzene rings is 2. The monoisotopic (exact) mass is 569 g/mol. The number of carbonyl (C=O) groups is 3. The Balaban J connectivity index is 1.71. The summed E-state index contributed by atoms with van der Waals surface area (Å²) in [7, 11) is -1.48. The van der Waals surface area contributed by atoms with Crippen LogP contribution in [0.3, 0.4) is 0 Å². The molecule has 1 saturated heterocycles. The average molecular weight is 570 g/mol. The number of anilines is 3. The number of hydrogen-bond donors (Lipinski definition) is 4. The molecule has 4 rings (SSSR count). The number of hydrogen-bond acceptors (Lipinski definition) is 8. The van der Waals surface area contributed by atoms with E-state index < -0.39 is 20.0 Å². The summed E-state index contributed by atoms with van der Waals surface area (Å²) in [4.78, 5) is 51.7. The predicted octanol–water partition coefficient (Wildman–Crippen LogP) is 3.39. The second kappa shape index (κ2) is 11.7. The molecule has 2 aliphatic heterocycles. The minimum absolute atomic E-state index is 0.135. The molecule has 0 radical (unpaired) electrons. The number of nitrogens with one attached hydrogen (secondary N) is 1. The first-order chi connectivity index (χ1) is 18.9. The minimum Gasteiger partial charge on any atom is -0.469 e. The van der Waals surface area contributed by atoms with Gasteiger partial charge in [0.1, 0.15) is 0 Å². The van der Waals surface area contributed by atoms with Gasteiger partial charge < -0.3 is 35.3 Å². The number of esters is 1. The van der Waals surface area contributed by atoms with Crippen LogP contribution in [0.25, 0.3) is 0 Å². The van der Waals surface area contributed by atoms with Gasteiger partial charge in [-0.3, -0.25) is 14.4 Å². The Morgan fingerprint density at radius 2 is 1.88 bits per heavy atom. The number of carbonyl (C=O) groups excluding carboxylic acids is 3. The smallest absolute Gasteiger partial charge is 0.305 e. The second-order valence-corrected chi connectivity index (χ2v) is 15.1. The summed E-state index contributed by atoms with van der Waals surface area (Å²) >= 11 is 0. The van der Waals surface area contributed by atoms with Gasteiger partial charge >= 0.3 is 5.97 Å². The highest BCUT2D eigenvalue weighted by Gasteiger charge is 2.66. The summed E-state index contributed by atoms with van der Waals surface area (Å²) in [6.07, 6.45) is 1.17. The fourth-order valence-corrected chi connectivity index (χ4v) is 8.86. The highest BCUT2D eigenvalue weighted by molar-refractivity contribution is 6.71. The van der Waals surface area contributed by atoms with Gasteiger partial charge in [0.05, 0.1) is 18.9 Å². The Bertz CT molecular complexity index is 1260. The molecule has 40 heavy (non-hydrogen) atoms. The molecule has 2 heterocycles. The molecule has 2 aliphatic rings. The number of rotatable bonds is 10. The summed E-state index contributed by atoms with van der Waals surface area (Å²) < 4.78 is 11.3. The Morgan fingerprint density at radius 1 is 1.18 bits per heavy atom. The van der Waals surface area contributed by atoms with Gasteiger partial charge in [-0.25, -0.2) is 0 Å². The molecular weight excluding hydrogens is 530 g/mol. The molecule has 0 aliphatic carbocycles. The van der Waals surface area contributed by atoms with Crippen molar-refractivity contribution in [3.8, 4) is 0 Å². The van der Waals surface area contributed by atoms with Gasteiger partial charge in [-0.2, -0.15) is 0 Å². The van der Waals surface area contributed by atoms with Crippen molar-refractivity contribution in [1.29, 1.82) is 0 Å². The van der Waals surface area contributed by atoms with Crippen molar-refractivity contribution in [1.82, 2.24) is 0 Å². The number of aliphatic hydroxyl groups excluding tert-OH is 1. The van der Waals surface area contributed by atoms with E-state index in [1.807, 2.05) is 20.0 Å². The van der Waals surface area contributed by atoms with Gasteiger partial charge in [-0.05, 0) is 74.8 Å². The van der Waals surface area contributed by atoms with Crippen molar-refractivity contribution in [2.45, 2.75) is 62.9 Å². The normalized spacial score (nSPS) is 23.9. The molecule has 0 aromatic heterocycles. The Labute approximate surface area is 235 Å². The van der Waals surface area contributed by atoms with E-state index in [1.54, 1.807) is 47.4 Å². The van der Waals surface area contributed by atoms with Crippen LogP contribution in [0.15, 0.2) is 42.5 Å². The van der Waals surface area contributed by atoms with E-state index in [9.17, 15) is 24.3 Å². The molecule has 10 nitrogen and oxygen atoms in total. The van der Waals surface area contributed by atoms with E-state index in [0.717, 1.165) is 0 Å². The first kappa shape index (κ1) is 29.7. The molecule has 5 N–H and O–H groups in total. The van der Waals surface area contributed by atoms with Gasteiger partial charge in [-0.15, -0.1) is 0 Å². The molecule has 4 atom stereocenters. The van der Waals surface area contributed by atoms with Crippen LogP contribution < -0.4 is 16.0 Å². The Hall–Kier alpha value is -3.25. The molecule has 0 unspecified atom stereocenters. The van der Waals surface area contributed by atoms with Crippen molar-refractivity contribution in [2.24, 2.45) is 5.92 Å². The van der Waals surface area contributed by atoms with Gasteiger partial charge in [-0.1, -0.05) is 6.92 Å². The lowest BCUT2D eigenvalue weighted by Gasteiger charge is -2.32. The zero-order chi connectivity index (χ0) is 29.2. The number of nitrogen functional groups attached to an aromatic ring is 1. The zero-order valence-corrected chi connectivity index (χ0v) is 24.5. The quantitative estimate of drug-likeness (QED) is 0.147. The van der Waals surface area contributed by atoms with Crippen molar-refractivity contribution in [2.75, 3.05) is 36.2 Å². The van der Waals surface area contributed by atoms with E-state index >= 15 is 0 Å². The van der Waals surface area contributed by atoms with Crippen molar-refractivity contribution >= 4 is 43.2 Å². The van der Waals surface area contributed by atoms with Crippen molar-refractivity contribution in [3.05, 3.63) is 53.6 Å². The van der Waals surface area contributed by atoms with E-state index in [2.05, 4.69) is 5.32 Å². The summed E-state index contributed by atoms with van der Waals surface area (Å²) in [5.41, 5.74) is 6.85. The van der Waals surface area contributed by atoms with Crippen molar-refractivity contribution in [3.63, 3.8) is 0 Å². The lowest BCUT2D eigenvalue weighted by atomic mass is 9.82. The van der Waals surface area contributed by atoms with Crippen LogP contribution in [0.2, 0.25) is 18.6 Å². The molecule has 2 aromatic carbocycles. The Morgan fingerprint density at radius 3 is 2.50 bits per heavy atom. The van der Waals surface area contributed by atoms with Crippen molar-refractivity contribution < 1.29 is 33.8 Å². The summed E-state index contributed by atoms with van der Waals surface area (Å²) in [6.45, 7) is 5.82. The van der Waals surface area contributed by atoms with Crippen LogP contribution in [0, 0.1) is 5.92 Å². The predicted molar refractivity (Wildman–Crippen MR) is 154 cm³/mol. The standard InChI is InChI=1S/C29H39N3O7Si/c1-18-26(40(3,4)37)24(14-16-33)39-29(18)22-17-21(31-27(35)19-8-10-20(30)11-9-19)12-13-23(22)32(28(29)36)15-6-5-7-25(34)38-2/h8-13,17-18,24,26,33,37H,5-7,14-16,30H2,1-4H3,(H,31,35)/t18-,24+,26-,29+/m0/s1. The first-order valence-corrected chi connectivity index (χ1v) is 16.7. The minimum atomic E-state index is -2.83. The maximum absolute atomic E-state index is 14.3. The number of nitrogens with two attached hydrogens (primary N) is 1. The van der Waals surface area contributed by atoms with E-state index in [1.165, 1.54) is 7.11 Å². The van der Waals surface area contributed by atoms with Gasteiger partial charge in [0, 0.05) is 53.5 Å². The van der Waals surface area contributed by atoms with Crippen LogP contribution in [-0.4, -0.2) is 62.4 Å². The molecule has 0 bridgehead atoms. The zero-order valence-electron chi connectivity index (χ0n) is 23.5. The van der Waals surface area contributed by atoms with Crippen LogP contribution in [0.1, 0.15) is 48.5 Å². The summed E-state index contributed by atoms with van der Waals surface area (Å²) in [5, 5.41) is 12.7. The number of amides is 2. The Kier molecular flexibility index (Phi) is 8.69. The average Bonchev–Trinajstić information content (AvgIpc) is 3.33. The van der Waals surface area contributed by atoms with E-state index in [-0.39, 0.29) is 42.3 Å². The fraction of sp³-hybridized carbons (Fsp3) is 0.483. The third-order valence-electron chi connectivity index (χ3n) is 8.07. The molecule has 1 spiro atoms. The van der Waals surface area contributed by atoms with Gasteiger partial charge in [0.15, 0.2) is 13.9 Å². The summed E-state index contributed by atoms with van der Waals surface area (Å²) in [5.74, 6) is -1.24. The maximum Gasteiger partial charge on any atom is 0.305 e. The summed E-state index contributed by atoms with van der Waals surface area (Å²) in [6, 6.07) is 11.9. The van der Waals surface area contributed by atoms with Crippen LogP contribution in [0.5, 0.6) is 0 Å². The lowest BCUT2D eigenvalue weighted by molar-refractivity contribution is -0.146. The number of aliphatic hydroxyl groups is 1. The molecule has 2 amide bonds. The fourth-order valence-electron chi connectivity index (χ4n) is 6.25. The SMILES string of the molecule is COC(=O)CCCCN1C(=O)[C@]2(O[C@H](CCO)[C@@H]([Si](C)(C)O)[C@@H]2C)c2cc(NC(=O)c3ccc(N)cc3)ccc21. The van der Waals surface area contributed by atoms with E-state index in [4.69, 9.17) is 15.2 Å². The third-order valence-corrected chi connectivity index (χ3v) is 10.6. The molecule has 1 fully saturated rings. The number of nitrogens with zero attached hydrogens (tertiary/aromatic N) is 1. The van der Waals surface area contributed by atoms with Gasteiger partial charge in [0.2, 0.25) is 0 Å². The highest BCUT2D eigenvalue weighted by Crippen LogP contribution is 2.59. The molecule has 11 heteroatoms. The number of unbranched alkanes of at least 4 members (excludes halogenated alkanes) is 1. The lowest BCUT2D eigenvalue weighted by Crippen LogP contribution is -2.46. The topological polar surface area (TPSA) is 151 Å². The van der Waals surface area contributed by atoms with Gasteiger partial charge in [0.25, 0.3) is 11.8 Å². The first-order valence-electron chi connectivity index (χ1n) is 13.6. The second-order valence-electron chi connectivity index (χ2n) is 11.2. The third kappa shape index (κ3) is 5.51. The van der Waals surface area contributed by atoms with Crippen LogP contribution in [0.4, 0.5) is 17.1 Å². The number of fused-ring (bicyclic) bond motifs is 2. The number of methoxy groups -OCH3 is 1. The molecule has 0 saturated carbocycles. The molecule has 216 valence electrons.